The number of halogens is 2. The number of methoxy groups -OCH3 is 1. The number of benzene rings is 1. The maximum Gasteiger partial charge on any atom is 0.119 e. The molecule has 0 saturated carbocycles. The van der Waals surface area contributed by atoms with Crippen LogP contribution in [0.4, 0.5) is 0 Å². The number of likely N-dealkylation sites (N-methyl/N-ethyl adjacent to an activating group) is 1. The Morgan fingerprint density at radius 3 is 2.65 bits per heavy atom. The average molecular weight is 279 g/mol. The minimum Gasteiger partial charge on any atom is -0.497 e. The highest BCUT2D eigenvalue weighted by molar-refractivity contribution is 5.85. The third-order valence-electron chi connectivity index (χ3n) is 2.81. The van der Waals surface area contributed by atoms with Crippen molar-refractivity contribution in [2.24, 2.45) is 0 Å². The summed E-state index contributed by atoms with van der Waals surface area (Å²) < 4.78 is 5.22. The summed E-state index contributed by atoms with van der Waals surface area (Å²) in [6, 6.07) is 6.79. The van der Waals surface area contributed by atoms with Crippen molar-refractivity contribution >= 4 is 24.8 Å². The molecule has 0 radical (unpaired) electrons. The molecule has 0 unspecified atom stereocenters. The summed E-state index contributed by atoms with van der Waals surface area (Å²) in [6.45, 7) is 1.99. The Morgan fingerprint density at radius 2 is 2.06 bits per heavy atom. The molecule has 0 spiro atoms. The highest BCUT2D eigenvalue weighted by atomic mass is 35.5. The van der Waals surface area contributed by atoms with E-state index in [1.807, 2.05) is 6.07 Å². The largest absolute Gasteiger partial charge is 0.497 e. The monoisotopic (exact) mass is 278 g/mol. The highest BCUT2D eigenvalue weighted by Crippen LogP contribution is 2.28. The Bertz CT molecular complexity index is 358. The summed E-state index contributed by atoms with van der Waals surface area (Å²) in [5.74, 6) is 0.945. The predicted molar refractivity (Wildman–Crippen MR) is 75.6 cm³/mol. The molecule has 1 heterocycles. The number of rotatable bonds is 3. The van der Waals surface area contributed by atoms with Crippen LogP contribution in [-0.2, 0) is 6.54 Å². The van der Waals surface area contributed by atoms with Crippen LogP contribution in [0.2, 0.25) is 0 Å². The van der Waals surface area contributed by atoms with Gasteiger partial charge in [0.05, 0.1) is 7.11 Å². The molecule has 0 fully saturated rings. The summed E-state index contributed by atoms with van der Waals surface area (Å²) in [5.41, 5.74) is 2.77. The standard InChI is InChI=1S/C12H18N2O.2ClH/c1-14(2)8-12-11-5-4-10(15-3)6-9(11)7-13-12;;/h4-6,12-13H,7-8H2,1-3H3;2*1H/t12-;;/m0../s1. The zero-order valence-corrected chi connectivity index (χ0v) is 12.0. The molecule has 98 valence electrons. The molecule has 1 aliphatic heterocycles. The summed E-state index contributed by atoms with van der Waals surface area (Å²) >= 11 is 0. The Kier molecular flexibility index (Phi) is 6.87. The summed E-state index contributed by atoms with van der Waals surface area (Å²) in [6.07, 6.45) is 0. The normalized spacial score (nSPS) is 17.1. The molecule has 1 aliphatic rings. The van der Waals surface area contributed by atoms with Gasteiger partial charge in [-0.15, -0.1) is 24.8 Å². The van der Waals surface area contributed by atoms with Gasteiger partial charge in [0.25, 0.3) is 0 Å². The Labute approximate surface area is 115 Å². The quantitative estimate of drug-likeness (QED) is 0.918. The molecule has 0 saturated heterocycles. The molecule has 1 atom stereocenters. The van der Waals surface area contributed by atoms with Gasteiger partial charge in [-0.05, 0) is 37.4 Å². The number of fused-ring (bicyclic) bond motifs is 1. The third-order valence-corrected chi connectivity index (χ3v) is 2.81. The molecule has 5 heteroatoms. The molecule has 0 aromatic heterocycles. The zero-order chi connectivity index (χ0) is 10.8. The third kappa shape index (κ3) is 3.75. The molecule has 3 nitrogen and oxygen atoms in total. The van der Waals surface area contributed by atoms with Crippen molar-refractivity contribution in [3.05, 3.63) is 29.3 Å². The summed E-state index contributed by atoms with van der Waals surface area (Å²) in [4.78, 5) is 2.21. The van der Waals surface area contributed by atoms with Crippen LogP contribution in [0.3, 0.4) is 0 Å². The van der Waals surface area contributed by atoms with E-state index < -0.39 is 0 Å². The molecule has 0 bridgehead atoms. The van der Waals surface area contributed by atoms with Crippen LogP contribution in [0, 0.1) is 0 Å². The number of nitrogens with zero attached hydrogens (tertiary/aromatic N) is 1. The SMILES string of the molecule is COc1ccc2c(c1)CN[C@H]2CN(C)C.Cl.Cl. The van der Waals surface area contributed by atoms with Crippen molar-refractivity contribution in [2.45, 2.75) is 12.6 Å². The van der Waals surface area contributed by atoms with Gasteiger partial charge in [-0.1, -0.05) is 6.07 Å². The van der Waals surface area contributed by atoms with Gasteiger partial charge in [0, 0.05) is 19.1 Å². The van der Waals surface area contributed by atoms with E-state index in [1.54, 1.807) is 7.11 Å². The van der Waals surface area contributed by atoms with Crippen LogP contribution in [0.15, 0.2) is 18.2 Å². The Balaban J connectivity index is 0.00000128. The second kappa shape index (κ2) is 7.07. The molecule has 17 heavy (non-hydrogen) atoms. The first-order valence-corrected chi connectivity index (χ1v) is 5.25. The van der Waals surface area contributed by atoms with Gasteiger partial charge >= 0.3 is 0 Å². The lowest BCUT2D eigenvalue weighted by molar-refractivity contribution is 0.353. The van der Waals surface area contributed by atoms with E-state index in [4.69, 9.17) is 4.74 Å². The molecule has 1 N–H and O–H groups in total. The predicted octanol–water partition coefficient (Wildman–Crippen LogP) is 2.24. The maximum absolute atomic E-state index is 5.22. The summed E-state index contributed by atoms with van der Waals surface area (Å²) in [5, 5.41) is 3.51. The van der Waals surface area contributed by atoms with Crippen LogP contribution in [0.5, 0.6) is 5.75 Å². The van der Waals surface area contributed by atoms with Gasteiger partial charge in [-0.2, -0.15) is 0 Å². The van der Waals surface area contributed by atoms with Crippen LogP contribution in [-0.4, -0.2) is 32.6 Å². The lowest BCUT2D eigenvalue weighted by Gasteiger charge is -2.17. The molecular weight excluding hydrogens is 259 g/mol. The number of hydrogen-bond acceptors (Lipinski definition) is 3. The van der Waals surface area contributed by atoms with Crippen LogP contribution >= 0.6 is 24.8 Å². The second-order valence-electron chi connectivity index (χ2n) is 4.26. The van der Waals surface area contributed by atoms with E-state index >= 15 is 0 Å². The van der Waals surface area contributed by atoms with Gasteiger partial charge in [0.15, 0.2) is 0 Å². The molecular formula is C12H20Cl2N2O. The number of hydrogen-bond donors (Lipinski definition) is 1. The number of nitrogens with one attached hydrogen (secondary N) is 1. The zero-order valence-electron chi connectivity index (χ0n) is 10.4. The summed E-state index contributed by atoms with van der Waals surface area (Å²) in [7, 11) is 5.91. The fourth-order valence-corrected chi connectivity index (χ4v) is 2.07. The van der Waals surface area contributed by atoms with E-state index in [9.17, 15) is 0 Å². The molecule has 1 aromatic rings. The first-order chi connectivity index (χ1) is 7.20. The van der Waals surface area contributed by atoms with Gasteiger partial charge in [-0.25, -0.2) is 0 Å². The first kappa shape index (κ1) is 16.5. The van der Waals surface area contributed by atoms with Crippen molar-refractivity contribution in [3.8, 4) is 5.75 Å². The fourth-order valence-electron chi connectivity index (χ4n) is 2.07. The van der Waals surface area contributed by atoms with E-state index in [0.29, 0.717) is 6.04 Å². The lowest BCUT2D eigenvalue weighted by atomic mass is 10.0. The van der Waals surface area contributed by atoms with Gasteiger partial charge in [0.2, 0.25) is 0 Å². The number of ether oxygens (including phenoxy) is 1. The molecule has 0 aliphatic carbocycles. The minimum absolute atomic E-state index is 0. The molecule has 1 aromatic carbocycles. The van der Waals surface area contributed by atoms with Gasteiger partial charge < -0.3 is 15.0 Å². The van der Waals surface area contributed by atoms with E-state index in [0.717, 1.165) is 18.8 Å². The van der Waals surface area contributed by atoms with Crippen molar-refractivity contribution in [1.29, 1.82) is 0 Å². The van der Waals surface area contributed by atoms with Gasteiger partial charge in [0.1, 0.15) is 5.75 Å². The second-order valence-corrected chi connectivity index (χ2v) is 4.26. The van der Waals surface area contributed by atoms with E-state index in [-0.39, 0.29) is 24.8 Å². The Hall–Kier alpha value is -0.480. The van der Waals surface area contributed by atoms with Crippen molar-refractivity contribution in [3.63, 3.8) is 0 Å². The van der Waals surface area contributed by atoms with Crippen molar-refractivity contribution in [2.75, 3.05) is 27.7 Å². The van der Waals surface area contributed by atoms with Crippen molar-refractivity contribution in [1.82, 2.24) is 10.2 Å². The van der Waals surface area contributed by atoms with E-state index in [1.165, 1.54) is 11.1 Å². The average Bonchev–Trinajstić information content (AvgIpc) is 2.60. The topological polar surface area (TPSA) is 24.5 Å². The minimum atomic E-state index is 0. The van der Waals surface area contributed by atoms with Crippen LogP contribution < -0.4 is 10.1 Å². The smallest absolute Gasteiger partial charge is 0.119 e. The van der Waals surface area contributed by atoms with E-state index in [2.05, 4.69) is 36.4 Å². The van der Waals surface area contributed by atoms with Gasteiger partial charge in [-0.3, -0.25) is 0 Å². The Morgan fingerprint density at radius 1 is 1.35 bits per heavy atom. The highest BCUT2D eigenvalue weighted by Gasteiger charge is 2.22. The van der Waals surface area contributed by atoms with Crippen LogP contribution in [0.25, 0.3) is 0 Å². The molecule has 0 amide bonds. The fraction of sp³-hybridized carbons (Fsp3) is 0.500. The van der Waals surface area contributed by atoms with Crippen molar-refractivity contribution < 1.29 is 4.74 Å². The lowest BCUT2D eigenvalue weighted by Crippen LogP contribution is -2.26. The maximum atomic E-state index is 5.22. The first-order valence-electron chi connectivity index (χ1n) is 5.25. The molecule has 2 rings (SSSR count). The van der Waals surface area contributed by atoms with Crippen LogP contribution in [0.1, 0.15) is 17.2 Å².